The van der Waals surface area contributed by atoms with E-state index in [9.17, 15) is 0 Å². The van der Waals surface area contributed by atoms with Crippen molar-refractivity contribution >= 4 is 7.12 Å². The molecule has 0 spiro atoms. The van der Waals surface area contributed by atoms with Gasteiger partial charge in [-0.2, -0.15) is 0 Å². The number of hydrogen-bond acceptors (Lipinski definition) is 4. The van der Waals surface area contributed by atoms with Crippen LogP contribution < -0.4 is 11.1 Å². The Labute approximate surface area is 98.8 Å². The van der Waals surface area contributed by atoms with Crippen LogP contribution in [-0.4, -0.2) is 36.3 Å². The lowest BCUT2D eigenvalue weighted by Crippen LogP contribution is -2.30. The summed E-state index contributed by atoms with van der Waals surface area (Å²) in [5.74, 6) is 0.647. The van der Waals surface area contributed by atoms with Gasteiger partial charge in [0.25, 0.3) is 0 Å². The van der Waals surface area contributed by atoms with E-state index in [1.807, 2.05) is 0 Å². The van der Waals surface area contributed by atoms with Gasteiger partial charge in [0.15, 0.2) is 0 Å². The third kappa shape index (κ3) is 5.84. The maximum atomic E-state index is 8.72. The maximum Gasteiger partial charge on any atom is 0.451 e. The van der Waals surface area contributed by atoms with E-state index in [1.54, 1.807) is 0 Å². The standard InChI is InChI=1S/C11H25BN2O2/c13-11(5-1-2-7-12(15)16)10-4-3-8-14-9-6-10/h10-11,14-16H,1-9,13H2. The second-order valence-electron chi connectivity index (χ2n) is 4.87. The van der Waals surface area contributed by atoms with Gasteiger partial charge >= 0.3 is 7.12 Å². The highest BCUT2D eigenvalue weighted by atomic mass is 16.4. The minimum absolute atomic E-state index is 0.288. The normalized spacial score (nSPS) is 23.8. The third-order valence-corrected chi connectivity index (χ3v) is 3.48. The Morgan fingerprint density at radius 2 is 2.06 bits per heavy atom. The lowest BCUT2D eigenvalue weighted by Gasteiger charge is -2.21. The second-order valence-corrected chi connectivity index (χ2v) is 4.87. The van der Waals surface area contributed by atoms with Gasteiger partial charge in [-0.1, -0.05) is 12.8 Å². The van der Waals surface area contributed by atoms with Crippen molar-refractivity contribution in [2.45, 2.75) is 50.9 Å². The van der Waals surface area contributed by atoms with Crippen LogP contribution in [0.15, 0.2) is 0 Å². The molecule has 0 bridgehead atoms. The van der Waals surface area contributed by atoms with Crippen LogP contribution in [0.1, 0.15) is 38.5 Å². The summed E-state index contributed by atoms with van der Waals surface area (Å²) in [5.41, 5.74) is 6.18. The van der Waals surface area contributed by atoms with Gasteiger partial charge in [-0.3, -0.25) is 0 Å². The molecule has 5 heteroatoms. The molecule has 0 amide bonds. The van der Waals surface area contributed by atoms with E-state index in [2.05, 4.69) is 5.32 Å². The summed E-state index contributed by atoms with van der Waals surface area (Å²) in [4.78, 5) is 0. The Balaban J connectivity index is 2.10. The zero-order chi connectivity index (χ0) is 11.8. The summed E-state index contributed by atoms with van der Waals surface area (Å²) in [5, 5.41) is 20.8. The molecule has 2 unspecified atom stereocenters. The van der Waals surface area contributed by atoms with Crippen LogP contribution in [0.5, 0.6) is 0 Å². The first-order valence-corrected chi connectivity index (χ1v) is 6.52. The Kier molecular flexibility index (Phi) is 7.04. The molecule has 2 atom stereocenters. The molecule has 1 heterocycles. The average molecular weight is 228 g/mol. The molecule has 0 aromatic rings. The van der Waals surface area contributed by atoms with Crippen LogP contribution in [0.3, 0.4) is 0 Å². The van der Waals surface area contributed by atoms with Crippen LogP contribution in [0.4, 0.5) is 0 Å². The van der Waals surface area contributed by atoms with Gasteiger partial charge in [0.05, 0.1) is 0 Å². The van der Waals surface area contributed by atoms with Crippen LogP contribution in [-0.2, 0) is 0 Å². The molecule has 1 rings (SSSR count). The largest absolute Gasteiger partial charge is 0.451 e. The van der Waals surface area contributed by atoms with Crippen LogP contribution in [0, 0.1) is 5.92 Å². The average Bonchev–Trinajstić information content (AvgIpc) is 2.52. The molecule has 4 nitrogen and oxygen atoms in total. The second kappa shape index (κ2) is 8.06. The van der Waals surface area contributed by atoms with Crippen molar-refractivity contribution < 1.29 is 10.0 Å². The van der Waals surface area contributed by atoms with Crippen molar-refractivity contribution in [1.82, 2.24) is 5.32 Å². The smallest absolute Gasteiger partial charge is 0.427 e. The van der Waals surface area contributed by atoms with Crippen molar-refractivity contribution in [3.63, 3.8) is 0 Å². The molecule has 0 aromatic carbocycles. The molecule has 1 fully saturated rings. The molecule has 5 N–H and O–H groups in total. The summed E-state index contributed by atoms with van der Waals surface area (Å²) in [7, 11) is -1.15. The molecule has 0 aliphatic carbocycles. The quantitative estimate of drug-likeness (QED) is 0.390. The van der Waals surface area contributed by atoms with E-state index in [0.29, 0.717) is 12.2 Å². The Morgan fingerprint density at radius 3 is 2.81 bits per heavy atom. The SMILES string of the molecule is NC(CCCCB(O)O)C1CCCNCC1. The third-order valence-electron chi connectivity index (χ3n) is 3.48. The molecular formula is C11H25BN2O2. The first kappa shape index (κ1) is 14.0. The van der Waals surface area contributed by atoms with Crippen LogP contribution in [0.2, 0.25) is 6.32 Å². The van der Waals surface area contributed by atoms with Crippen molar-refractivity contribution in [3.05, 3.63) is 0 Å². The van der Waals surface area contributed by atoms with E-state index in [4.69, 9.17) is 15.8 Å². The molecule has 1 aliphatic rings. The minimum Gasteiger partial charge on any atom is -0.427 e. The first-order chi connectivity index (χ1) is 7.70. The van der Waals surface area contributed by atoms with Gasteiger partial charge in [-0.25, -0.2) is 0 Å². The molecule has 0 saturated carbocycles. The highest BCUT2D eigenvalue weighted by Gasteiger charge is 2.19. The predicted octanol–water partition coefficient (Wildman–Crippen LogP) is 0.346. The highest BCUT2D eigenvalue weighted by Crippen LogP contribution is 2.20. The summed E-state index contributed by atoms with van der Waals surface area (Å²) < 4.78 is 0. The van der Waals surface area contributed by atoms with E-state index in [1.165, 1.54) is 19.3 Å². The van der Waals surface area contributed by atoms with Crippen molar-refractivity contribution in [3.8, 4) is 0 Å². The van der Waals surface area contributed by atoms with Crippen LogP contribution >= 0.6 is 0 Å². The molecular weight excluding hydrogens is 203 g/mol. The summed E-state index contributed by atoms with van der Waals surface area (Å²) in [6.45, 7) is 2.22. The molecule has 1 aliphatic heterocycles. The number of nitrogens with two attached hydrogens (primary N) is 1. The first-order valence-electron chi connectivity index (χ1n) is 6.52. The zero-order valence-corrected chi connectivity index (χ0v) is 10.1. The van der Waals surface area contributed by atoms with Crippen molar-refractivity contribution in [2.24, 2.45) is 11.7 Å². The zero-order valence-electron chi connectivity index (χ0n) is 10.1. The van der Waals surface area contributed by atoms with Gasteiger partial charge in [0, 0.05) is 6.04 Å². The number of unbranched alkanes of at least 4 members (excludes halogenated alkanes) is 1. The lowest BCUT2D eigenvalue weighted by atomic mass is 9.82. The molecule has 94 valence electrons. The molecule has 1 saturated heterocycles. The Hall–Kier alpha value is -0.0951. The summed E-state index contributed by atoms with van der Waals surface area (Å²) in [6.07, 6.45) is 6.99. The molecule has 0 aromatic heterocycles. The predicted molar refractivity (Wildman–Crippen MR) is 67.0 cm³/mol. The minimum atomic E-state index is -1.15. The molecule has 16 heavy (non-hydrogen) atoms. The maximum absolute atomic E-state index is 8.72. The van der Waals surface area contributed by atoms with E-state index < -0.39 is 7.12 Å². The van der Waals surface area contributed by atoms with Crippen LogP contribution in [0.25, 0.3) is 0 Å². The van der Waals surface area contributed by atoms with Gasteiger partial charge in [0.1, 0.15) is 0 Å². The highest BCUT2D eigenvalue weighted by molar-refractivity contribution is 6.40. The Bertz CT molecular complexity index is 173. The lowest BCUT2D eigenvalue weighted by molar-refractivity contribution is 0.356. The fourth-order valence-corrected chi connectivity index (χ4v) is 2.42. The van der Waals surface area contributed by atoms with Gasteiger partial charge in [0.2, 0.25) is 0 Å². The topological polar surface area (TPSA) is 78.5 Å². The van der Waals surface area contributed by atoms with Crippen molar-refractivity contribution in [2.75, 3.05) is 13.1 Å². The van der Waals surface area contributed by atoms with E-state index >= 15 is 0 Å². The number of nitrogens with one attached hydrogen (secondary N) is 1. The monoisotopic (exact) mass is 228 g/mol. The molecule has 0 radical (unpaired) electrons. The number of hydrogen-bond donors (Lipinski definition) is 4. The fourth-order valence-electron chi connectivity index (χ4n) is 2.42. The summed E-state index contributed by atoms with van der Waals surface area (Å²) >= 11 is 0. The van der Waals surface area contributed by atoms with E-state index in [-0.39, 0.29) is 6.04 Å². The Morgan fingerprint density at radius 1 is 1.25 bits per heavy atom. The van der Waals surface area contributed by atoms with Gasteiger partial charge in [-0.15, -0.1) is 0 Å². The van der Waals surface area contributed by atoms with Crippen molar-refractivity contribution in [1.29, 1.82) is 0 Å². The van der Waals surface area contributed by atoms with Gasteiger partial charge < -0.3 is 21.1 Å². The summed E-state index contributed by atoms with van der Waals surface area (Å²) in [6, 6.07) is 0.288. The fraction of sp³-hybridized carbons (Fsp3) is 1.00. The van der Waals surface area contributed by atoms with Gasteiger partial charge in [-0.05, 0) is 51.0 Å². The number of rotatable bonds is 6. The van der Waals surface area contributed by atoms with E-state index in [0.717, 1.165) is 32.4 Å².